The van der Waals surface area contributed by atoms with Gasteiger partial charge >= 0.3 is 0 Å². The summed E-state index contributed by atoms with van der Waals surface area (Å²) in [5.41, 5.74) is 1.56. The molecule has 2 aliphatic heterocycles. The van der Waals surface area contributed by atoms with Crippen molar-refractivity contribution < 1.29 is 14.3 Å². The fourth-order valence-corrected chi connectivity index (χ4v) is 3.43. The van der Waals surface area contributed by atoms with Gasteiger partial charge in [-0.05, 0) is 43.0 Å². The third-order valence-electron chi connectivity index (χ3n) is 4.63. The molecule has 4 rings (SSSR count). The molecule has 3 heterocycles. The summed E-state index contributed by atoms with van der Waals surface area (Å²) in [6, 6.07) is 7.46. The molecule has 6 nitrogen and oxygen atoms in total. The SMILES string of the molecule is O=C(c1cnc(NCc2ccc3c(c2)OCO3)c(Cl)c1)N1CCCCC1. The first kappa shape index (κ1) is 17.0. The minimum atomic E-state index is 0.00132. The Hall–Kier alpha value is -2.47. The van der Waals surface area contributed by atoms with Gasteiger partial charge < -0.3 is 19.7 Å². The quantitative estimate of drug-likeness (QED) is 0.885. The van der Waals surface area contributed by atoms with E-state index >= 15 is 0 Å². The maximum Gasteiger partial charge on any atom is 0.255 e. The summed E-state index contributed by atoms with van der Waals surface area (Å²) in [4.78, 5) is 18.7. The average Bonchev–Trinajstić information content (AvgIpc) is 3.15. The molecule has 0 atom stereocenters. The molecule has 0 unspecified atom stereocenters. The highest BCUT2D eigenvalue weighted by atomic mass is 35.5. The predicted octanol–water partition coefficient (Wildman–Crippen LogP) is 3.70. The number of aromatic nitrogens is 1. The van der Waals surface area contributed by atoms with Gasteiger partial charge in [-0.3, -0.25) is 4.79 Å². The lowest BCUT2D eigenvalue weighted by molar-refractivity contribution is 0.0724. The van der Waals surface area contributed by atoms with E-state index in [0.29, 0.717) is 22.9 Å². The summed E-state index contributed by atoms with van der Waals surface area (Å²) in [5, 5.41) is 3.64. The Labute approximate surface area is 157 Å². The molecule has 0 aliphatic carbocycles. The Morgan fingerprint density at radius 1 is 1.15 bits per heavy atom. The topological polar surface area (TPSA) is 63.7 Å². The lowest BCUT2D eigenvalue weighted by Gasteiger charge is -2.26. The molecule has 26 heavy (non-hydrogen) atoms. The van der Waals surface area contributed by atoms with Crippen molar-refractivity contribution in [1.82, 2.24) is 9.88 Å². The molecule has 0 bridgehead atoms. The summed E-state index contributed by atoms with van der Waals surface area (Å²) >= 11 is 6.33. The number of rotatable bonds is 4. The molecule has 1 saturated heterocycles. The Bertz CT molecular complexity index is 822. The van der Waals surface area contributed by atoms with Crippen LogP contribution in [0.25, 0.3) is 0 Å². The van der Waals surface area contributed by atoms with Crippen molar-refractivity contribution in [2.45, 2.75) is 25.8 Å². The van der Waals surface area contributed by atoms with Crippen LogP contribution in [-0.2, 0) is 6.54 Å². The Morgan fingerprint density at radius 3 is 2.77 bits per heavy atom. The summed E-state index contributed by atoms with van der Waals surface area (Å²) in [6.07, 6.45) is 4.89. The van der Waals surface area contributed by atoms with Gasteiger partial charge in [-0.25, -0.2) is 4.98 Å². The molecule has 7 heteroatoms. The molecule has 2 aromatic rings. The third-order valence-corrected chi connectivity index (χ3v) is 4.92. The average molecular weight is 374 g/mol. The third kappa shape index (κ3) is 3.55. The van der Waals surface area contributed by atoms with Gasteiger partial charge in [-0.15, -0.1) is 0 Å². The first-order valence-electron chi connectivity index (χ1n) is 8.78. The van der Waals surface area contributed by atoms with Crippen LogP contribution >= 0.6 is 11.6 Å². The second kappa shape index (κ2) is 7.41. The minimum absolute atomic E-state index is 0.00132. The van der Waals surface area contributed by atoms with E-state index < -0.39 is 0 Å². The molecule has 2 aliphatic rings. The van der Waals surface area contributed by atoms with Crippen LogP contribution < -0.4 is 14.8 Å². The smallest absolute Gasteiger partial charge is 0.255 e. The fourth-order valence-electron chi connectivity index (χ4n) is 3.20. The molecule has 1 fully saturated rings. The lowest BCUT2D eigenvalue weighted by Crippen LogP contribution is -2.35. The van der Waals surface area contributed by atoms with Crippen molar-refractivity contribution in [3.63, 3.8) is 0 Å². The summed E-state index contributed by atoms with van der Waals surface area (Å²) in [5.74, 6) is 2.05. The largest absolute Gasteiger partial charge is 0.454 e. The molecule has 1 N–H and O–H groups in total. The van der Waals surface area contributed by atoms with Crippen LogP contribution in [0.1, 0.15) is 35.2 Å². The number of amides is 1. The molecule has 1 amide bonds. The summed E-state index contributed by atoms with van der Waals surface area (Å²) < 4.78 is 10.7. The molecule has 1 aromatic carbocycles. The van der Waals surface area contributed by atoms with E-state index in [1.165, 1.54) is 6.42 Å². The number of ether oxygens (including phenoxy) is 2. The second-order valence-electron chi connectivity index (χ2n) is 6.45. The number of fused-ring (bicyclic) bond motifs is 1. The van der Waals surface area contributed by atoms with Gasteiger partial charge in [0.25, 0.3) is 5.91 Å². The predicted molar refractivity (Wildman–Crippen MR) is 98.9 cm³/mol. The second-order valence-corrected chi connectivity index (χ2v) is 6.86. The van der Waals surface area contributed by atoms with Gasteiger partial charge in [-0.2, -0.15) is 0 Å². The van der Waals surface area contributed by atoms with E-state index in [1.54, 1.807) is 12.3 Å². The van der Waals surface area contributed by atoms with E-state index in [1.807, 2.05) is 23.1 Å². The number of hydrogen-bond donors (Lipinski definition) is 1. The molecule has 0 radical (unpaired) electrons. The number of carbonyl (C=O) groups excluding carboxylic acids is 1. The van der Waals surface area contributed by atoms with Crippen molar-refractivity contribution in [3.8, 4) is 11.5 Å². The van der Waals surface area contributed by atoms with Crippen molar-refractivity contribution >= 4 is 23.3 Å². The van der Waals surface area contributed by atoms with Crippen molar-refractivity contribution in [1.29, 1.82) is 0 Å². The maximum atomic E-state index is 12.5. The minimum Gasteiger partial charge on any atom is -0.454 e. The van der Waals surface area contributed by atoms with Crippen LogP contribution in [0.2, 0.25) is 5.02 Å². The number of benzene rings is 1. The molecular weight excluding hydrogens is 354 g/mol. The van der Waals surface area contributed by atoms with Crippen LogP contribution in [-0.4, -0.2) is 35.7 Å². The van der Waals surface area contributed by atoms with E-state index in [2.05, 4.69) is 10.3 Å². The van der Waals surface area contributed by atoms with Crippen molar-refractivity contribution in [3.05, 3.63) is 46.6 Å². The number of halogens is 1. The normalized spacial score (nSPS) is 15.8. The number of likely N-dealkylation sites (tertiary alicyclic amines) is 1. The van der Waals surface area contributed by atoms with Crippen LogP contribution in [0.5, 0.6) is 11.5 Å². The lowest BCUT2D eigenvalue weighted by atomic mass is 10.1. The van der Waals surface area contributed by atoms with Crippen molar-refractivity contribution in [2.75, 3.05) is 25.2 Å². The van der Waals surface area contributed by atoms with E-state index in [-0.39, 0.29) is 12.7 Å². The number of hydrogen-bond acceptors (Lipinski definition) is 5. The standard InChI is InChI=1S/C19H20ClN3O3/c20-15-9-14(19(24)23-6-2-1-3-7-23)11-22-18(15)21-10-13-4-5-16-17(8-13)26-12-25-16/h4-5,8-9,11H,1-3,6-7,10,12H2,(H,21,22). The Morgan fingerprint density at radius 2 is 1.96 bits per heavy atom. The number of nitrogens with one attached hydrogen (secondary N) is 1. The number of nitrogens with zero attached hydrogens (tertiary/aromatic N) is 2. The number of carbonyl (C=O) groups is 1. The first-order chi connectivity index (χ1) is 12.7. The van der Waals surface area contributed by atoms with Crippen LogP contribution in [0.15, 0.2) is 30.5 Å². The molecule has 0 saturated carbocycles. The zero-order valence-electron chi connectivity index (χ0n) is 14.3. The van der Waals surface area contributed by atoms with E-state index in [0.717, 1.165) is 43.0 Å². The number of anilines is 1. The number of pyridine rings is 1. The molecule has 136 valence electrons. The monoisotopic (exact) mass is 373 g/mol. The number of piperidine rings is 1. The fraction of sp³-hybridized carbons (Fsp3) is 0.368. The summed E-state index contributed by atoms with van der Waals surface area (Å²) in [7, 11) is 0. The van der Waals surface area contributed by atoms with Crippen LogP contribution in [0, 0.1) is 0 Å². The highest BCUT2D eigenvalue weighted by molar-refractivity contribution is 6.33. The van der Waals surface area contributed by atoms with E-state index in [4.69, 9.17) is 21.1 Å². The van der Waals surface area contributed by atoms with Crippen LogP contribution in [0.4, 0.5) is 5.82 Å². The molecule has 1 aromatic heterocycles. The van der Waals surface area contributed by atoms with Gasteiger partial charge in [-0.1, -0.05) is 17.7 Å². The van der Waals surface area contributed by atoms with Gasteiger partial charge in [0.1, 0.15) is 5.82 Å². The Balaban J connectivity index is 1.42. The zero-order chi connectivity index (χ0) is 17.9. The van der Waals surface area contributed by atoms with Crippen molar-refractivity contribution in [2.24, 2.45) is 0 Å². The first-order valence-corrected chi connectivity index (χ1v) is 9.16. The van der Waals surface area contributed by atoms with Gasteiger partial charge in [0.05, 0.1) is 10.6 Å². The van der Waals surface area contributed by atoms with E-state index in [9.17, 15) is 4.79 Å². The van der Waals surface area contributed by atoms with Gasteiger partial charge in [0.2, 0.25) is 6.79 Å². The highest BCUT2D eigenvalue weighted by Gasteiger charge is 2.19. The summed E-state index contributed by atoms with van der Waals surface area (Å²) in [6.45, 7) is 2.41. The molecule has 0 spiro atoms. The maximum absolute atomic E-state index is 12.5. The zero-order valence-corrected chi connectivity index (χ0v) is 15.1. The van der Waals surface area contributed by atoms with Crippen LogP contribution in [0.3, 0.4) is 0 Å². The van der Waals surface area contributed by atoms with Gasteiger partial charge in [0.15, 0.2) is 11.5 Å². The van der Waals surface area contributed by atoms with Gasteiger partial charge in [0, 0.05) is 25.8 Å². The Kier molecular flexibility index (Phi) is 4.84. The highest BCUT2D eigenvalue weighted by Crippen LogP contribution is 2.32. The molecular formula is C19H20ClN3O3.